The van der Waals surface area contributed by atoms with Crippen LogP contribution in [0.15, 0.2) is 99.6 Å². The number of carbonyl (C=O) groups excluding carboxylic acids is 1. The maximum atomic E-state index is 15.1. The fourth-order valence-electron chi connectivity index (χ4n) is 3.70. The van der Waals surface area contributed by atoms with E-state index in [9.17, 15) is 18.0 Å². The van der Waals surface area contributed by atoms with Crippen molar-refractivity contribution in [2.24, 2.45) is 0 Å². The van der Waals surface area contributed by atoms with Crippen LogP contribution in [0.1, 0.15) is 19.4 Å². The van der Waals surface area contributed by atoms with E-state index in [-0.39, 0.29) is 4.90 Å². The van der Waals surface area contributed by atoms with Crippen molar-refractivity contribution < 1.29 is 36.2 Å². The molecule has 9 heteroatoms. The highest BCUT2D eigenvalue weighted by atomic mass is 32.2. The van der Waals surface area contributed by atoms with Gasteiger partial charge >= 0.3 is 5.97 Å². The zero-order valence-electron chi connectivity index (χ0n) is 20.3. The van der Waals surface area contributed by atoms with Crippen LogP contribution in [0, 0.1) is 29.1 Å². The van der Waals surface area contributed by atoms with E-state index in [1.165, 1.54) is 72.8 Å². The molecule has 0 unspecified atom stereocenters. The highest BCUT2D eigenvalue weighted by molar-refractivity contribution is 7.97. The van der Waals surface area contributed by atoms with E-state index in [2.05, 4.69) is 0 Å². The Balaban J connectivity index is 1.55. The Morgan fingerprint density at radius 3 is 1.55 bits per heavy atom. The molecule has 3 nitrogen and oxygen atoms in total. The van der Waals surface area contributed by atoms with Gasteiger partial charge in [-0.15, -0.1) is 0 Å². The summed E-state index contributed by atoms with van der Waals surface area (Å²) in [6.07, 6.45) is 0. The van der Waals surface area contributed by atoms with Crippen LogP contribution in [-0.4, -0.2) is 12.6 Å². The lowest BCUT2D eigenvalue weighted by atomic mass is 9.98. The standard InChI is InChI=1S/C29H22F5O3S/c1-29(2,18-3-5-19(30)6-4-18)37-27(35)17-36-28-25(33)15-24(16-26(28)34)38(22-11-7-20(31)8-12-22)23-13-9-21(32)10-14-23/h3-16H,17H2,1-2H3/q+1. The van der Waals surface area contributed by atoms with Crippen molar-refractivity contribution in [2.45, 2.75) is 34.1 Å². The van der Waals surface area contributed by atoms with Crippen LogP contribution in [0.4, 0.5) is 22.0 Å². The first-order valence-electron chi connectivity index (χ1n) is 11.4. The highest BCUT2D eigenvalue weighted by Crippen LogP contribution is 2.35. The molecule has 0 saturated heterocycles. The fourth-order valence-corrected chi connectivity index (χ4v) is 5.77. The third kappa shape index (κ3) is 6.34. The van der Waals surface area contributed by atoms with Gasteiger partial charge in [0.1, 0.15) is 23.1 Å². The quantitative estimate of drug-likeness (QED) is 0.132. The van der Waals surface area contributed by atoms with Crippen molar-refractivity contribution >= 4 is 16.9 Å². The summed E-state index contributed by atoms with van der Waals surface area (Å²) in [6.45, 7) is 2.39. The second kappa shape index (κ2) is 11.3. The minimum Gasteiger partial charge on any atom is -0.476 e. The number of ether oxygens (including phenoxy) is 2. The Bertz CT molecular complexity index is 1350. The normalized spacial score (nSPS) is 11.5. The second-order valence-corrected chi connectivity index (χ2v) is 10.7. The molecule has 0 fully saturated rings. The van der Waals surface area contributed by atoms with E-state index in [4.69, 9.17) is 9.47 Å². The molecule has 0 aromatic heterocycles. The molecule has 196 valence electrons. The molecule has 0 aliphatic heterocycles. The zero-order valence-corrected chi connectivity index (χ0v) is 21.1. The lowest BCUT2D eigenvalue weighted by molar-refractivity contribution is -0.160. The lowest BCUT2D eigenvalue weighted by Crippen LogP contribution is -2.28. The van der Waals surface area contributed by atoms with Crippen molar-refractivity contribution in [2.75, 3.05) is 6.61 Å². The first-order valence-corrected chi connectivity index (χ1v) is 12.6. The van der Waals surface area contributed by atoms with Crippen LogP contribution in [0.2, 0.25) is 0 Å². The molecular weight excluding hydrogens is 523 g/mol. The molecule has 0 bridgehead atoms. The number of hydrogen-bond acceptors (Lipinski definition) is 3. The number of esters is 1. The van der Waals surface area contributed by atoms with Crippen molar-refractivity contribution in [3.05, 3.63) is 120 Å². The predicted molar refractivity (Wildman–Crippen MR) is 132 cm³/mol. The lowest BCUT2D eigenvalue weighted by Gasteiger charge is -2.25. The number of carbonyl (C=O) groups is 1. The predicted octanol–water partition coefficient (Wildman–Crippen LogP) is 7.33. The van der Waals surface area contributed by atoms with Crippen molar-refractivity contribution in [3.63, 3.8) is 0 Å². The van der Waals surface area contributed by atoms with Gasteiger partial charge in [-0.3, -0.25) is 0 Å². The monoisotopic (exact) mass is 545 g/mol. The minimum absolute atomic E-state index is 0.200. The van der Waals surface area contributed by atoms with Gasteiger partial charge in [-0.1, -0.05) is 12.1 Å². The van der Waals surface area contributed by atoms with Gasteiger partial charge in [0.25, 0.3) is 0 Å². The highest BCUT2D eigenvalue weighted by Gasteiger charge is 2.32. The molecule has 4 aromatic carbocycles. The Labute approximate surface area is 219 Å². The fraction of sp³-hybridized carbons (Fsp3) is 0.138. The Morgan fingerprint density at radius 2 is 1.11 bits per heavy atom. The number of rotatable bonds is 8. The van der Waals surface area contributed by atoms with Crippen molar-refractivity contribution in [1.82, 2.24) is 0 Å². The molecule has 0 saturated carbocycles. The van der Waals surface area contributed by atoms with Crippen LogP contribution >= 0.6 is 0 Å². The van der Waals surface area contributed by atoms with Crippen LogP contribution < -0.4 is 4.74 Å². The summed E-state index contributed by atoms with van der Waals surface area (Å²) in [5.41, 5.74) is -0.629. The van der Waals surface area contributed by atoms with Gasteiger partial charge in [-0.2, -0.15) is 0 Å². The summed E-state index contributed by atoms with van der Waals surface area (Å²) in [5, 5.41) is 0. The van der Waals surface area contributed by atoms with Gasteiger partial charge in [0, 0.05) is 12.1 Å². The van der Waals surface area contributed by atoms with Crippen LogP contribution in [0.5, 0.6) is 5.75 Å². The van der Waals surface area contributed by atoms with Crippen molar-refractivity contribution in [3.8, 4) is 5.75 Å². The number of benzene rings is 4. The maximum Gasteiger partial charge on any atom is 0.345 e. The molecule has 4 rings (SSSR count). The van der Waals surface area contributed by atoms with E-state index in [1.54, 1.807) is 13.8 Å². The summed E-state index contributed by atoms with van der Waals surface area (Å²) in [6, 6.07) is 18.3. The molecule has 0 aliphatic rings. The average Bonchev–Trinajstić information content (AvgIpc) is 2.86. The van der Waals surface area contributed by atoms with E-state index in [0.29, 0.717) is 15.4 Å². The summed E-state index contributed by atoms with van der Waals surface area (Å²) >= 11 is 0. The molecule has 0 atom stereocenters. The van der Waals surface area contributed by atoms with Crippen LogP contribution in [-0.2, 0) is 26.0 Å². The summed E-state index contributed by atoms with van der Waals surface area (Å²) in [7, 11) is -1.10. The van der Waals surface area contributed by atoms with E-state index in [1.807, 2.05) is 0 Å². The van der Waals surface area contributed by atoms with Crippen molar-refractivity contribution in [1.29, 1.82) is 0 Å². The van der Waals surface area contributed by atoms with Gasteiger partial charge in [0.05, 0.1) is 10.9 Å². The first-order chi connectivity index (χ1) is 18.0. The number of halogens is 5. The van der Waals surface area contributed by atoms with Gasteiger partial charge in [0.2, 0.25) is 0 Å². The SMILES string of the molecule is CC(C)(OC(=O)COc1c(F)cc([S+](c2ccc(F)cc2)c2ccc(F)cc2)cc1F)c1ccc(F)cc1. The second-order valence-electron chi connectivity index (χ2n) is 8.71. The van der Waals surface area contributed by atoms with E-state index < -0.39 is 63.9 Å². The minimum atomic E-state index is -1.15. The summed E-state index contributed by atoms with van der Waals surface area (Å²) in [4.78, 5) is 13.7. The topological polar surface area (TPSA) is 35.5 Å². The largest absolute Gasteiger partial charge is 0.476 e. The third-order valence-electron chi connectivity index (χ3n) is 5.55. The summed E-state index contributed by atoms with van der Waals surface area (Å²) in [5.74, 6) is -5.19. The Morgan fingerprint density at radius 1 is 0.684 bits per heavy atom. The molecule has 38 heavy (non-hydrogen) atoms. The van der Waals surface area contributed by atoms with Crippen LogP contribution in [0.25, 0.3) is 0 Å². The van der Waals surface area contributed by atoms with Crippen LogP contribution in [0.3, 0.4) is 0 Å². The molecule has 0 N–H and O–H groups in total. The Kier molecular flexibility index (Phi) is 8.06. The molecule has 0 heterocycles. The smallest absolute Gasteiger partial charge is 0.345 e. The molecule has 0 aliphatic carbocycles. The molecular formula is C29H22F5O3S+. The molecule has 4 aromatic rings. The molecule has 0 amide bonds. The molecule has 0 radical (unpaired) electrons. The summed E-state index contributed by atoms with van der Waals surface area (Å²) < 4.78 is 80.8. The average molecular weight is 546 g/mol. The number of hydrogen-bond donors (Lipinski definition) is 0. The van der Waals surface area contributed by atoms with E-state index in [0.717, 1.165) is 12.1 Å². The van der Waals surface area contributed by atoms with Gasteiger partial charge in [-0.25, -0.2) is 26.7 Å². The zero-order chi connectivity index (χ0) is 27.4. The first kappa shape index (κ1) is 27.2. The van der Waals surface area contributed by atoms with E-state index >= 15 is 8.78 Å². The van der Waals surface area contributed by atoms with Gasteiger partial charge in [-0.05, 0) is 80.1 Å². The maximum absolute atomic E-state index is 15.1. The Hall–Kier alpha value is -3.85. The third-order valence-corrected chi connectivity index (χ3v) is 7.74. The van der Waals surface area contributed by atoms with Gasteiger partial charge in [0.15, 0.2) is 38.7 Å². The molecule has 0 spiro atoms. The van der Waals surface area contributed by atoms with Gasteiger partial charge < -0.3 is 9.47 Å².